The lowest BCUT2D eigenvalue weighted by Gasteiger charge is -2.09. The van der Waals surface area contributed by atoms with Crippen LogP contribution in [-0.4, -0.2) is 13.3 Å². The van der Waals surface area contributed by atoms with Crippen LogP contribution in [0, 0.1) is 22.9 Å². The Morgan fingerprint density at radius 2 is 1.91 bits per heavy atom. The Hall–Kier alpha value is -2.19. The quantitative estimate of drug-likeness (QED) is 0.481. The van der Waals surface area contributed by atoms with Gasteiger partial charge < -0.3 is 4.18 Å². The maximum Gasteiger partial charge on any atom is 0.340 e. The molecule has 116 valence electrons. The standard InChI is InChI=1S/C13H9ClFNO5S/c1-8-2-5-13(10(14)6-8)22(19,20)21-12-7-9(15)3-4-11(12)16(17)18/h2-7H,1H3. The lowest BCUT2D eigenvalue weighted by atomic mass is 10.2. The molecule has 0 fully saturated rings. The normalized spacial score (nSPS) is 11.2. The van der Waals surface area contributed by atoms with E-state index in [1.165, 1.54) is 18.2 Å². The van der Waals surface area contributed by atoms with E-state index in [0.29, 0.717) is 6.07 Å². The smallest absolute Gasteiger partial charge is 0.340 e. The highest BCUT2D eigenvalue weighted by Gasteiger charge is 2.25. The molecule has 0 N–H and O–H groups in total. The Balaban J connectivity index is 2.49. The van der Waals surface area contributed by atoms with E-state index < -0.39 is 32.3 Å². The number of rotatable bonds is 4. The van der Waals surface area contributed by atoms with Gasteiger partial charge in [-0.2, -0.15) is 8.42 Å². The fraction of sp³-hybridized carbons (Fsp3) is 0.0769. The first-order valence-corrected chi connectivity index (χ1v) is 7.64. The van der Waals surface area contributed by atoms with Gasteiger partial charge in [0.15, 0.2) is 0 Å². The molecule has 0 aromatic heterocycles. The van der Waals surface area contributed by atoms with E-state index in [1.807, 2.05) is 0 Å². The number of hydrogen-bond donors (Lipinski definition) is 0. The summed E-state index contributed by atoms with van der Waals surface area (Å²) >= 11 is 5.85. The number of nitrogens with zero attached hydrogens (tertiary/aromatic N) is 1. The highest BCUT2D eigenvalue weighted by Crippen LogP contribution is 2.32. The van der Waals surface area contributed by atoms with Crippen LogP contribution >= 0.6 is 11.6 Å². The van der Waals surface area contributed by atoms with Crippen LogP contribution in [0.1, 0.15) is 5.56 Å². The second-order valence-corrected chi connectivity index (χ2v) is 6.26. The number of benzene rings is 2. The molecule has 0 aliphatic rings. The average molecular weight is 346 g/mol. The Bertz CT molecular complexity index is 854. The Kier molecular flexibility index (Phi) is 4.34. The molecule has 9 heteroatoms. The molecule has 2 aromatic carbocycles. The first-order chi connectivity index (χ1) is 10.2. The van der Waals surface area contributed by atoms with Gasteiger partial charge in [-0.1, -0.05) is 17.7 Å². The molecule has 0 saturated heterocycles. The summed E-state index contributed by atoms with van der Waals surface area (Å²) in [5, 5.41) is 10.8. The van der Waals surface area contributed by atoms with Crippen LogP contribution in [-0.2, 0) is 10.1 Å². The Labute approximate surface area is 130 Å². The third-order valence-corrected chi connectivity index (χ3v) is 4.39. The van der Waals surface area contributed by atoms with Crippen molar-refractivity contribution in [2.45, 2.75) is 11.8 Å². The molecule has 0 aliphatic heterocycles. The molecule has 0 radical (unpaired) electrons. The number of aryl methyl sites for hydroxylation is 1. The van der Waals surface area contributed by atoms with Gasteiger partial charge in [-0.25, -0.2) is 4.39 Å². The van der Waals surface area contributed by atoms with E-state index >= 15 is 0 Å². The second-order valence-electron chi connectivity index (χ2n) is 4.34. The van der Waals surface area contributed by atoms with E-state index in [2.05, 4.69) is 4.18 Å². The monoisotopic (exact) mass is 345 g/mol. The predicted octanol–water partition coefficient (Wildman–Crippen LogP) is 3.46. The molecule has 0 saturated carbocycles. The first kappa shape index (κ1) is 16.2. The van der Waals surface area contributed by atoms with Gasteiger partial charge in [-0.05, 0) is 30.7 Å². The molecule has 0 amide bonds. The highest BCUT2D eigenvalue weighted by atomic mass is 35.5. The average Bonchev–Trinajstić information content (AvgIpc) is 2.37. The van der Waals surface area contributed by atoms with E-state index in [9.17, 15) is 22.9 Å². The van der Waals surface area contributed by atoms with Gasteiger partial charge in [0.1, 0.15) is 10.7 Å². The zero-order valence-electron chi connectivity index (χ0n) is 11.1. The summed E-state index contributed by atoms with van der Waals surface area (Å²) in [7, 11) is -4.44. The third-order valence-electron chi connectivity index (χ3n) is 2.67. The maximum absolute atomic E-state index is 13.2. The van der Waals surface area contributed by atoms with Gasteiger partial charge in [0.05, 0.1) is 9.95 Å². The Morgan fingerprint density at radius 3 is 2.50 bits per heavy atom. The van der Waals surface area contributed by atoms with Crippen molar-refractivity contribution < 1.29 is 21.9 Å². The van der Waals surface area contributed by atoms with Crippen LogP contribution in [0.4, 0.5) is 10.1 Å². The minimum absolute atomic E-state index is 0.0981. The number of halogens is 2. The number of hydrogen-bond acceptors (Lipinski definition) is 5. The summed E-state index contributed by atoms with van der Waals surface area (Å²) in [6.07, 6.45) is 0. The van der Waals surface area contributed by atoms with Gasteiger partial charge in [0.25, 0.3) is 0 Å². The van der Waals surface area contributed by atoms with Crippen molar-refractivity contribution in [1.29, 1.82) is 0 Å². The molecule has 0 aliphatic carbocycles. The molecular weight excluding hydrogens is 337 g/mol. The third kappa shape index (κ3) is 3.34. The molecule has 2 aromatic rings. The summed E-state index contributed by atoms with van der Waals surface area (Å²) in [4.78, 5) is 9.61. The lowest BCUT2D eigenvalue weighted by molar-refractivity contribution is -0.385. The number of nitro groups is 1. The molecule has 2 rings (SSSR count). The van der Waals surface area contributed by atoms with E-state index in [0.717, 1.165) is 17.7 Å². The Morgan fingerprint density at radius 1 is 1.23 bits per heavy atom. The topological polar surface area (TPSA) is 86.5 Å². The van der Waals surface area contributed by atoms with E-state index in [4.69, 9.17) is 11.6 Å². The van der Waals surface area contributed by atoms with Crippen LogP contribution in [0.3, 0.4) is 0 Å². The summed E-state index contributed by atoms with van der Waals surface area (Å²) in [5.74, 6) is -1.59. The van der Waals surface area contributed by atoms with E-state index in [1.54, 1.807) is 6.92 Å². The lowest BCUT2D eigenvalue weighted by Crippen LogP contribution is -2.11. The molecular formula is C13H9ClFNO5S. The van der Waals surface area contributed by atoms with Gasteiger partial charge in [-0.15, -0.1) is 0 Å². The van der Waals surface area contributed by atoms with Crippen molar-refractivity contribution in [3.8, 4) is 5.75 Å². The van der Waals surface area contributed by atoms with Crippen molar-refractivity contribution in [3.63, 3.8) is 0 Å². The zero-order valence-corrected chi connectivity index (χ0v) is 12.7. The molecule has 0 spiro atoms. The predicted molar refractivity (Wildman–Crippen MR) is 77.1 cm³/mol. The fourth-order valence-electron chi connectivity index (χ4n) is 1.68. The maximum atomic E-state index is 13.2. The minimum Gasteiger partial charge on any atom is -0.371 e. The van der Waals surface area contributed by atoms with Crippen molar-refractivity contribution in [1.82, 2.24) is 0 Å². The van der Waals surface area contributed by atoms with Crippen LogP contribution in [0.15, 0.2) is 41.3 Å². The molecule has 0 heterocycles. The van der Waals surface area contributed by atoms with Gasteiger partial charge >= 0.3 is 15.8 Å². The van der Waals surface area contributed by atoms with Gasteiger partial charge in [-0.3, -0.25) is 10.1 Å². The van der Waals surface area contributed by atoms with Crippen molar-refractivity contribution >= 4 is 27.4 Å². The van der Waals surface area contributed by atoms with E-state index in [-0.39, 0.29) is 9.92 Å². The summed E-state index contributed by atoms with van der Waals surface area (Å²) in [6.45, 7) is 1.71. The van der Waals surface area contributed by atoms with Crippen molar-refractivity contribution in [2.75, 3.05) is 0 Å². The molecule has 0 bridgehead atoms. The summed E-state index contributed by atoms with van der Waals surface area (Å²) in [6, 6.07) is 6.36. The summed E-state index contributed by atoms with van der Waals surface area (Å²) < 4.78 is 42.2. The molecule has 0 atom stereocenters. The molecule has 0 unspecified atom stereocenters. The largest absolute Gasteiger partial charge is 0.371 e. The zero-order chi connectivity index (χ0) is 16.5. The second kappa shape index (κ2) is 5.90. The number of nitro benzene ring substituents is 1. The first-order valence-electron chi connectivity index (χ1n) is 5.85. The van der Waals surface area contributed by atoms with Crippen LogP contribution in [0.25, 0.3) is 0 Å². The minimum atomic E-state index is -4.44. The van der Waals surface area contributed by atoms with Crippen LogP contribution in [0.2, 0.25) is 5.02 Å². The fourth-order valence-corrected chi connectivity index (χ4v) is 3.19. The highest BCUT2D eigenvalue weighted by molar-refractivity contribution is 7.87. The molecule has 22 heavy (non-hydrogen) atoms. The van der Waals surface area contributed by atoms with Gasteiger partial charge in [0.2, 0.25) is 5.75 Å². The van der Waals surface area contributed by atoms with Gasteiger partial charge in [0, 0.05) is 12.1 Å². The summed E-state index contributed by atoms with van der Waals surface area (Å²) in [5.41, 5.74) is 0.0499. The van der Waals surface area contributed by atoms with Crippen LogP contribution < -0.4 is 4.18 Å². The van der Waals surface area contributed by atoms with Crippen LogP contribution in [0.5, 0.6) is 5.75 Å². The molecule has 6 nitrogen and oxygen atoms in total. The SMILES string of the molecule is Cc1ccc(S(=O)(=O)Oc2cc(F)ccc2[N+](=O)[O-])c(Cl)c1. The van der Waals surface area contributed by atoms with Crippen molar-refractivity contribution in [3.05, 3.63) is 62.9 Å². The van der Waals surface area contributed by atoms with Crippen molar-refractivity contribution in [2.24, 2.45) is 0 Å².